The van der Waals surface area contributed by atoms with Crippen LogP contribution in [0.4, 0.5) is 11.4 Å². The summed E-state index contributed by atoms with van der Waals surface area (Å²) in [4.78, 5) is 19.5. The van der Waals surface area contributed by atoms with Crippen molar-refractivity contribution in [2.45, 2.75) is 43.1 Å². The number of anilines is 2. The van der Waals surface area contributed by atoms with Gasteiger partial charge in [0.25, 0.3) is 0 Å². The number of sulfone groups is 1. The summed E-state index contributed by atoms with van der Waals surface area (Å²) in [5.41, 5.74) is 4.28. The van der Waals surface area contributed by atoms with E-state index in [4.69, 9.17) is 4.99 Å². The lowest BCUT2D eigenvalue weighted by atomic mass is 10.1. The largest absolute Gasteiger partial charge is 0.372 e. The summed E-state index contributed by atoms with van der Waals surface area (Å²) in [5.74, 6) is 0.715. The molecule has 0 aliphatic carbocycles. The van der Waals surface area contributed by atoms with E-state index < -0.39 is 9.84 Å². The van der Waals surface area contributed by atoms with Crippen molar-refractivity contribution >= 4 is 33.0 Å². The van der Waals surface area contributed by atoms with E-state index in [1.54, 1.807) is 24.3 Å². The predicted octanol–water partition coefficient (Wildman–Crippen LogP) is 4.06. The van der Waals surface area contributed by atoms with Crippen LogP contribution in [0.1, 0.15) is 30.5 Å². The summed E-state index contributed by atoms with van der Waals surface area (Å²) in [6.07, 6.45) is 0. The molecule has 3 aromatic rings. The van der Waals surface area contributed by atoms with Crippen molar-refractivity contribution in [2.24, 2.45) is 4.99 Å². The Balaban J connectivity index is 1.41. The molecule has 7 nitrogen and oxygen atoms in total. The minimum Gasteiger partial charge on any atom is -0.372 e. The monoisotopic (exact) mass is 488 g/mol. The Morgan fingerprint density at radius 3 is 2.43 bits per heavy atom. The Morgan fingerprint density at radius 2 is 1.66 bits per heavy atom. The lowest BCUT2D eigenvalue weighted by Crippen LogP contribution is -2.37. The smallest absolute Gasteiger partial charge is 0.246 e. The van der Waals surface area contributed by atoms with Gasteiger partial charge in [0.15, 0.2) is 9.84 Å². The topological polar surface area (TPSA) is 90.9 Å². The van der Waals surface area contributed by atoms with Gasteiger partial charge in [-0.3, -0.25) is 9.79 Å². The van der Waals surface area contributed by atoms with Crippen molar-refractivity contribution in [3.8, 4) is 0 Å². The molecule has 3 aromatic carbocycles. The summed E-state index contributed by atoms with van der Waals surface area (Å²) in [6.45, 7) is 5.13. The predicted molar refractivity (Wildman–Crippen MR) is 138 cm³/mol. The molecule has 2 aliphatic heterocycles. The second-order valence-corrected chi connectivity index (χ2v) is 11.1. The lowest BCUT2D eigenvalue weighted by molar-refractivity contribution is -0.116. The summed E-state index contributed by atoms with van der Waals surface area (Å²) >= 11 is 0. The summed E-state index contributed by atoms with van der Waals surface area (Å²) in [5, 5.41) is 6.17. The second kappa shape index (κ2) is 9.19. The van der Waals surface area contributed by atoms with Crippen molar-refractivity contribution < 1.29 is 13.2 Å². The number of nitrogens with zero attached hydrogens (tertiary/aromatic N) is 2. The molecule has 8 heteroatoms. The van der Waals surface area contributed by atoms with Crippen molar-refractivity contribution in [1.29, 1.82) is 0 Å². The molecule has 5 rings (SSSR count). The molecule has 0 spiro atoms. The first kappa shape index (κ1) is 23.1. The van der Waals surface area contributed by atoms with E-state index in [2.05, 4.69) is 22.5 Å². The van der Waals surface area contributed by atoms with E-state index in [-0.39, 0.29) is 23.7 Å². The van der Waals surface area contributed by atoms with Crippen molar-refractivity contribution in [3.63, 3.8) is 0 Å². The molecule has 0 radical (unpaired) electrons. The third-order valence-corrected chi connectivity index (χ3v) is 8.20. The Kier molecular flexibility index (Phi) is 6.06. The zero-order valence-corrected chi connectivity index (χ0v) is 20.5. The third-order valence-electron chi connectivity index (χ3n) is 6.52. The van der Waals surface area contributed by atoms with E-state index in [1.165, 1.54) is 0 Å². The van der Waals surface area contributed by atoms with Gasteiger partial charge in [0.1, 0.15) is 11.9 Å². The minimum absolute atomic E-state index is 0.0589. The molecule has 1 amide bonds. The number of rotatable bonds is 6. The van der Waals surface area contributed by atoms with E-state index >= 15 is 0 Å². The quantitative estimate of drug-likeness (QED) is 0.546. The summed E-state index contributed by atoms with van der Waals surface area (Å²) in [7, 11) is -3.46. The minimum atomic E-state index is -3.46. The zero-order chi connectivity index (χ0) is 24.6. The van der Waals surface area contributed by atoms with Gasteiger partial charge < -0.3 is 15.5 Å². The van der Waals surface area contributed by atoms with Gasteiger partial charge in [0, 0.05) is 18.2 Å². The number of fused-ring (bicyclic) bond motifs is 1. The molecule has 2 unspecified atom stereocenters. The highest BCUT2D eigenvalue weighted by molar-refractivity contribution is 7.90. The van der Waals surface area contributed by atoms with Crippen LogP contribution >= 0.6 is 0 Å². The van der Waals surface area contributed by atoms with Crippen LogP contribution < -0.4 is 10.6 Å². The van der Waals surface area contributed by atoms with Gasteiger partial charge in [-0.05, 0) is 55.3 Å². The maximum Gasteiger partial charge on any atom is 0.246 e. The van der Waals surface area contributed by atoms with Gasteiger partial charge in [0.05, 0.1) is 28.6 Å². The Morgan fingerprint density at radius 1 is 0.943 bits per heavy atom. The molecule has 35 heavy (non-hydrogen) atoms. The number of carbonyl (C=O) groups is 1. The van der Waals surface area contributed by atoms with Crippen LogP contribution in [-0.2, 0) is 26.9 Å². The van der Waals surface area contributed by atoms with E-state index in [0.29, 0.717) is 18.0 Å². The van der Waals surface area contributed by atoms with Gasteiger partial charge in [-0.25, -0.2) is 8.42 Å². The zero-order valence-electron chi connectivity index (χ0n) is 19.7. The number of hydrogen-bond acceptors (Lipinski definition) is 6. The summed E-state index contributed by atoms with van der Waals surface area (Å²) < 4.78 is 26.1. The first-order valence-electron chi connectivity index (χ1n) is 11.7. The number of hydrogen-bond donors (Lipinski definition) is 2. The third kappa shape index (κ3) is 4.66. The van der Waals surface area contributed by atoms with Crippen LogP contribution in [0.15, 0.2) is 82.7 Å². The molecular weight excluding hydrogens is 460 g/mol. The van der Waals surface area contributed by atoms with Gasteiger partial charge in [-0.1, -0.05) is 42.5 Å². The number of carbonyl (C=O) groups excluding carboxylic acids is 1. The van der Waals surface area contributed by atoms with Crippen molar-refractivity contribution in [3.05, 3.63) is 89.5 Å². The number of aliphatic imine (C=N–C) groups is 1. The number of amides is 1. The SMILES string of the molecule is CC1Nc2ccc(C3=NCC(C)N3Cc3ccccc3CS(=O)(=O)c3ccccc3)cc2NC1=O. The van der Waals surface area contributed by atoms with Gasteiger partial charge in [-0.2, -0.15) is 0 Å². The maximum atomic E-state index is 13.0. The molecule has 0 fully saturated rings. The summed E-state index contributed by atoms with van der Waals surface area (Å²) in [6, 6.07) is 22.0. The van der Waals surface area contributed by atoms with Crippen LogP contribution in [0.5, 0.6) is 0 Å². The molecule has 0 saturated carbocycles. The molecule has 2 aliphatic rings. The van der Waals surface area contributed by atoms with Gasteiger partial charge >= 0.3 is 0 Å². The molecule has 2 N–H and O–H groups in total. The Bertz CT molecular complexity index is 1400. The fourth-order valence-electron chi connectivity index (χ4n) is 4.51. The average molecular weight is 489 g/mol. The van der Waals surface area contributed by atoms with Crippen molar-refractivity contribution in [1.82, 2.24) is 4.90 Å². The first-order chi connectivity index (χ1) is 16.8. The average Bonchev–Trinajstić information content (AvgIpc) is 3.21. The molecule has 2 heterocycles. The van der Waals surface area contributed by atoms with Crippen LogP contribution in [0.25, 0.3) is 0 Å². The van der Waals surface area contributed by atoms with E-state index in [1.807, 2.05) is 55.5 Å². The highest BCUT2D eigenvalue weighted by Gasteiger charge is 2.28. The van der Waals surface area contributed by atoms with Crippen LogP contribution in [-0.4, -0.2) is 43.7 Å². The lowest BCUT2D eigenvalue weighted by Gasteiger charge is -2.28. The fraction of sp³-hybridized carbons (Fsp3) is 0.259. The van der Waals surface area contributed by atoms with Crippen LogP contribution in [0.2, 0.25) is 0 Å². The molecule has 0 bridgehead atoms. The number of nitrogens with one attached hydrogen (secondary N) is 2. The molecule has 0 aromatic heterocycles. The molecule has 0 saturated heterocycles. The van der Waals surface area contributed by atoms with Crippen LogP contribution in [0.3, 0.4) is 0 Å². The number of benzene rings is 3. The Labute approximate surface area is 205 Å². The van der Waals surface area contributed by atoms with E-state index in [0.717, 1.165) is 33.9 Å². The van der Waals surface area contributed by atoms with Gasteiger partial charge in [-0.15, -0.1) is 0 Å². The van der Waals surface area contributed by atoms with Crippen LogP contribution in [0, 0.1) is 0 Å². The standard InChI is InChI=1S/C27H28N4O3S/c1-18-15-28-26(20-12-13-24-25(14-20)30-27(32)19(2)29-24)31(18)16-21-8-6-7-9-22(21)17-35(33,34)23-10-4-3-5-11-23/h3-14,18-19,29H,15-17H2,1-2H3,(H,30,32). The normalized spacial score (nSPS) is 19.5. The molecule has 180 valence electrons. The highest BCUT2D eigenvalue weighted by Crippen LogP contribution is 2.30. The molecule has 2 atom stereocenters. The van der Waals surface area contributed by atoms with Crippen molar-refractivity contribution in [2.75, 3.05) is 17.2 Å². The Hall–Kier alpha value is -3.65. The number of amidine groups is 1. The fourth-order valence-corrected chi connectivity index (χ4v) is 5.94. The van der Waals surface area contributed by atoms with Gasteiger partial charge in [0.2, 0.25) is 5.91 Å². The maximum absolute atomic E-state index is 13.0. The molecular formula is C27H28N4O3S. The first-order valence-corrected chi connectivity index (χ1v) is 13.3. The highest BCUT2D eigenvalue weighted by atomic mass is 32.2. The second-order valence-electron chi connectivity index (χ2n) is 9.10. The van der Waals surface area contributed by atoms with E-state index in [9.17, 15) is 13.2 Å².